The smallest absolute Gasteiger partial charge is 0.238 e. The van der Waals surface area contributed by atoms with E-state index in [0.717, 1.165) is 37.2 Å². The Balaban J connectivity index is 1.60. The molecule has 2 aliphatic heterocycles. The van der Waals surface area contributed by atoms with Gasteiger partial charge >= 0.3 is 0 Å². The van der Waals surface area contributed by atoms with Crippen LogP contribution < -0.4 is 11.1 Å². The van der Waals surface area contributed by atoms with E-state index in [1.54, 1.807) is 6.07 Å². The minimum Gasteiger partial charge on any atom is -0.397 e. The van der Waals surface area contributed by atoms with E-state index < -0.39 is 0 Å². The number of fused-ring (bicyclic) bond motifs is 2. The van der Waals surface area contributed by atoms with Crippen LogP contribution >= 0.6 is 0 Å². The van der Waals surface area contributed by atoms with Crippen LogP contribution in [0.3, 0.4) is 0 Å². The number of anilines is 2. The van der Waals surface area contributed by atoms with Crippen molar-refractivity contribution in [3.63, 3.8) is 0 Å². The Kier molecular flexibility index (Phi) is 3.63. The van der Waals surface area contributed by atoms with Crippen LogP contribution in [0.5, 0.6) is 0 Å². The van der Waals surface area contributed by atoms with Crippen LogP contribution in [0.1, 0.15) is 18.4 Å². The predicted octanol–water partition coefficient (Wildman–Crippen LogP) is 1.38. The number of aryl methyl sites for hydroxylation is 1. The number of likely N-dealkylation sites (tertiary alicyclic amines) is 1. The number of nitrogens with one attached hydrogen (secondary N) is 1. The molecule has 1 aromatic carbocycles. The summed E-state index contributed by atoms with van der Waals surface area (Å²) in [5, 5.41) is 2.93. The van der Waals surface area contributed by atoms with Crippen LogP contribution in [0, 0.1) is 6.92 Å². The highest BCUT2D eigenvalue weighted by atomic mass is 16.5. The lowest BCUT2D eigenvalue weighted by Crippen LogP contribution is -2.45. The molecule has 3 rings (SSSR count). The van der Waals surface area contributed by atoms with Crippen LogP contribution in [-0.2, 0) is 9.53 Å². The monoisotopic (exact) mass is 275 g/mol. The Hall–Kier alpha value is -1.59. The fraction of sp³-hybridized carbons (Fsp3) is 0.533. The summed E-state index contributed by atoms with van der Waals surface area (Å²) in [6.07, 6.45) is 2.86. The molecule has 108 valence electrons. The number of hydrogen-bond acceptors (Lipinski definition) is 4. The van der Waals surface area contributed by atoms with Gasteiger partial charge in [-0.05, 0) is 31.4 Å². The summed E-state index contributed by atoms with van der Waals surface area (Å²) >= 11 is 0. The first-order valence-electron chi connectivity index (χ1n) is 7.14. The standard InChI is InChI=1S/C15H21N3O2/c1-10-3-2-4-13(16)15(10)17-14(19)9-18-7-11-5-6-12(8-18)20-11/h2-4,11-12H,5-9,16H2,1H3,(H,17,19). The molecule has 20 heavy (non-hydrogen) atoms. The van der Waals surface area contributed by atoms with E-state index in [2.05, 4.69) is 10.2 Å². The summed E-state index contributed by atoms with van der Waals surface area (Å²) < 4.78 is 5.77. The second-order valence-electron chi connectivity index (χ2n) is 5.74. The van der Waals surface area contributed by atoms with Crippen LogP contribution in [0.2, 0.25) is 0 Å². The molecule has 5 nitrogen and oxygen atoms in total. The maximum atomic E-state index is 12.2. The molecule has 2 saturated heterocycles. The molecule has 0 aliphatic carbocycles. The van der Waals surface area contributed by atoms with E-state index in [1.165, 1.54) is 0 Å². The van der Waals surface area contributed by atoms with Crippen LogP contribution in [-0.4, -0.2) is 42.6 Å². The maximum absolute atomic E-state index is 12.2. The third-order valence-corrected chi connectivity index (χ3v) is 4.06. The van der Waals surface area contributed by atoms with E-state index in [0.29, 0.717) is 24.4 Å². The number of ether oxygens (including phenoxy) is 1. The molecule has 2 fully saturated rings. The van der Waals surface area contributed by atoms with E-state index in [4.69, 9.17) is 10.5 Å². The van der Waals surface area contributed by atoms with Gasteiger partial charge in [-0.1, -0.05) is 12.1 Å². The molecule has 2 heterocycles. The average molecular weight is 275 g/mol. The van der Waals surface area contributed by atoms with Crippen LogP contribution in [0.25, 0.3) is 0 Å². The van der Waals surface area contributed by atoms with E-state index in [9.17, 15) is 4.79 Å². The molecule has 0 spiro atoms. The second kappa shape index (κ2) is 5.42. The molecule has 2 bridgehead atoms. The van der Waals surface area contributed by atoms with E-state index >= 15 is 0 Å². The average Bonchev–Trinajstić information content (AvgIpc) is 2.73. The van der Waals surface area contributed by atoms with Gasteiger partial charge in [-0.25, -0.2) is 0 Å². The van der Waals surface area contributed by atoms with Gasteiger partial charge in [-0.2, -0.15) is 0 Å². The molecule has 1 amide bonds. The van der Waals surface area contributed by atoms with Crippen molar-refractivity contribution in [2.24, 2.45) is 0 Å². The van der Waals surface area contributed by atoms with Crippen molar-refractivity contribution in [2.75, 3.05) is 30.7 Å². The summed E-state index contributed by atoms with van der Waals surface area (Å²) in [6, 6.07) is 5.64. The lowest BCUT2D eigenvalue weighted by molar-refractivity contribution is -0.119. The number of hydrogen-bond donors (Lipinski definition) is 2. The SMILES string of the molecule is Cc1cccc(N)c1NC(=O)CN1CC2CCC(C1)O2. The molecular formula is C15H21N3O2. The molecule has 2 atom stereocenters. The first-order valence-corrected chi connectivity index (χ1v) is 7.14. The highest BCUT2D eigenvalue weighted by Crippen LogP contribution is 2.26. The third-order valence-electron chi connectivity index (χ3n) is 4.06. The van der Waals surface area contributed by atoms with Crippen molar-refractivity contribution in [3.8, 4) is 0 Å². The van der Waals surface area contributed by atoms with Gasteiger partial charge in [0.2, 0.25) is 5.91 Å². The fourth-order valence-electron chi connectivity index (χ4n) is 3.07. The molecule has 0 aromatic heterocycles. The van der Waals surface area contributed by atoms with Gasteiger partial charge in [-0.3, -0.25) is 9.69 Å². The Morgan fingerprint density at radius 1 is 1.40 bits per heavy atom. The van der Waals surface area contributed by atoms with Gasteiger partial charge in [0.1, 0.15) is 0 Å². The number of rotatable bonds is 3. The minimum atomic E-state index is -0.00713. The van der Waals surface area contributed by atoms with Crippen LogP contribution in [0.15, 0.2) is 18.2 Å². The van der Waals surface area contributed by atoms with Crippen molar-refractivity contribution in [1.29, 1.82) is 0 Å². The van der Waals surface area contributed by atoms with Gasteiger partial charge in [0, 0.05) is 13.1 Å². The topological polar surface area (TPSA) is 67.6 Å². The number of nitrogen functional groups attached to an aromatic ring is 1. The van der Waals surface area contributed by atoms with E-state index in [1.807, 2.05) is 19.1 Å². The van der Waals surface area contributed by atoms with Gasteiger partial charge in [0.05, 0.1) is 30.1 Å². The van der Waals surface area contributed by atoms with Crippen molar-refractivity contribution in [2.45, 2.75) is 32.0 Å². The Bertz CT molecular complexity index is 486. The molecule has 0 saturated carbocycles. The number of nitrogens with zero attached hydrogens (tertiary/aromatic N) is 1. The Morgan fingerprint density at radius 3 is 2.75 bits per heavy atom. The van der Waals surface area contributed by atoms with E-state index in [-0.39, 0.29) is 5.91 Å². The fourth-order valence-corrected chi connectivity index (χ4v) is 3.07. The lowest BCUT2D eigenvalue weighted by atomic mass is 10.1. The summed E-state index contributed by atoms with van der Waals surface area (Å²) in [6.45, 7) is 4.06. The number of morpholine rings is 1. The highest BCUT2D eigenvalue weighted by molar-refractivity contribution is 5.96. The van der Waals surface area contributed by atoms with Gasteiger partial charge in [0.25, 0.3) is 0 Å². The lowest BCUT2D eigenvalue weighted by Gasteiger charge is -2.31. The van der Waals surface area contributed by atoms with Crippen molar-refractivity contribution < 1.29 is 9.53 Å². The molecular weight excluding hydrogens is 254 g/mol. The maximum Gasteiger partial charge on any atom is 0.238 e. The molecule has 5 heteroatoms. The number of amides is 1. The first kappa shape index (κ1) is 13.4. The molecule has 2 unspecified atom stereocenters. The second-order valence-corrected chi connectivity index (χ2v) is 5.74. The van der Waals surface area contributed by atoms with Crippen molar-refractivity contribution in [1.82, 2.24) is 4.90 Å². The number of benzene rings is 1. The zero-order valence-electron chi connectivity index (χ0n) is 11.8. The normalized spacial score (nSPS) is 25.6. The number of nitrogens with two attached hydrogens (primary N) is 1. The largest absolute Gasteiger partial charge is 0.397 e. The summed E-state index contributed by atoms with van der Waals surface area (Å²) in [7, 11) is 0. The number of carbonyl (C=O) groups is 1. The minimum absolute atomic E-state index is 0.00713. The number of para-hydroxylation sites is 1. The summed E-state index contributed by atoms with van der Waals surface area (Å²) in [4.78, 5) is 14.3. The molecule has 2 aliphatic rings. The van der Waals surface area contributed by atoms with Crippen molar-refractivity contribution >= 4 is 17.3 Å². The Morgan fingerprint density at radius 2 is 2.10 bits per heavy atom. The molecule has 3 N–H and O–H groups in total. The summed E-state index contributed by atoms with van der Waals surface area (Å²) in [5.74, 6) is -0.00713. The zero-order valence-corrected chi connectivity index (χ0v) is 11.8. The van der Waals surface area contributed by atoms with Gasteiger partial charge in [0.15, 0.2) is 0 Å². The first-order chi connectivity index (χ1) is 9.61. The quantitative estimate of drug-likeness (QED) is 0.818. The molecule has 0 radical (unpaired) electrons. The third kappa shape index (κ3) is 2.78. The zero-order chi connectivity index (χ0) is 14.1. The molecule has 1 aromatic rings. The van der Waals surface area contributed by atoms with Gasteiger partial charge in [-0.15, -0.1) is 0 Å². The Labute approximate surface area is 119 Å². The van der Waals surface area contributed by atoms with Crippen LogP contribution in [0.4, 0.5) is 11.4 Å². The number of carbonyl (C=O) groups excluding carboxylic acids is 1. The van der Waals surface area contributed by atoms with Crippen molar-refractivity contribution in [3.05, 3.63) is 23.8 Å². The van der Waals surface area contributed by atoms with Gasteiger partial charge < -0.3 is 15.8 Å². The summed E-state index contributed by atoms with van der Waals surface area (Å²) in [5.41, 5.74) is 8.24. The predicted molar refractivity (Wildman–Crippen MR) is 78.6 cm³/mol. The highest BCUT2D eigenvalue weighted by Gasteiger charge is 2.34.